The number of carbonyl (C=O) groups excluding carboxylic acids is 5. The molecule has 56 heavy (non-hydrogen) atoms. The Kier molecular flexibility index (Phi) is 19.7. The van der Waals surface area contributed by atoms with E-state index in [0.29, 0.717) is 24.8 Å². The fraction of sp³-hybridized carbons (Fsp3) is 0.795. The van der Waals surface area contributed by atoms with E-state index in [1.54, 1.807) is 26.0 Å². The molecule has 12 heteroatoms. The average Bonchev–Trinajstić information content (AvgIpc) is 3.13. The van der Waals surface area contributed by atoms with E-state index in [2.05, 4.69) is 30.6 Å². The van der Waals surface area contributed by atoms with Crippen LogP contribution in [0.25, 0.3) is 0 Å². The van der Waals surface area contributed by atoms with E-state index in [4.69, 9.17) is 23.7 Å². The van der Waals surface area contributed by atoms with Crippen molar-refractivity contribution in [1.29, 1.82) is 0 Å². The maximum absolute atomic E-state index is 13.2. The lowest BCUT2D eigenvalue weighted by atomic mass is 9.85. The normalized spacial score (nSPS) is 29.2. The molecule has 3 rings (SSSR count). The highest BCUT2D eigenvalue weighted by Crippen LogP contribution is 2.43. The fourth-order valence-electron chi connectivity index (χ4n) is 8.19. The maximum Gasteiger partial charge on any atom is 0.303 e. The second-order valence-corrected chi connectivity index (χ2v) is 16.8. The van der Waals surface area contributed by atoms with Crippen LogP contribution in [0.3, 0.4) is 0 Å². The van der Waals surface area contributed by atoms with Crippen LogP contribution < -0.4 is 10.6 Å². The van der Waals surface area contributed by atoms with Gasteiger partial charge in [-0.3, -0.25) is 24.0 Å². The Morgan fingerprint density at radius 2 is 1.54 bits per heavy atom. The molecule has 0 aromatic rings. The van der Waals surface area contributed by atoms with Crippen molar-refractivity contribution in [2.24, 2.45) is 23.7 Å². The van der Waals surface area contributed by atoms with Crippen molar-refractivity contribution in [3.05, 3.63) is 23.8 Å². The molecule has 3 saturated heterocycles. The average molecular weight is 789 g/mol. The SMILES string of the molecule is C/C=C/C(=O)C[C@H]1CC[C@H](C)[C@H](CC(=O)NC[C@H](OC(C)=O)[C@H](C)C(=O)NCCC[C@H]2O[C@@]3(CCC[C@@H](CC[C@H](C)/C=C(\C)[C@H](C)OC(C)=O)O3)CC[C@@H]2C)O1. The molecule has 2 amide bonds. The molecule has 3 aliphatic rings. The van der Waals surface area contributed by atoms with Gasteiger partial charge in [-0.15, -0.1) is 0 Å². The maximum atomic E-state index is 13.2. The Labute approximate surface area is 336 Å². The Hall–Kier alpha value is -3.09. The summed E-state index contributed by atoms with van der Waals surface area (Å²) in [7, 11) is 0. The molecule has 0 saturated carbocycles. The number of amides is 2. The van der Waals surface area contributed by atoms with Gasteiger partial charge in [-0.25, -0.2) is 0 Å². The molecule has 3 heterocycles. The van der Waals surface area contributed by atoms with Crippen molar-refractivity contribution < 1.29 is 47.7 Å². The van der Waals surface area contributed by atoms with Gasteiger partial charge in [0.1, 0.15) is 12.2 Å². The molecular weight excluding hydrogens is 716 g/mol. The Morgan fingerprint density at radius 1 is 0.821 bits per heavy atom. The van der Waals surface area contributed by atoms with E-state index in [-0.39, 0.29) is 73.0 Å². The first-order valence-corrected chi connectivity index (χ1v) is 21.2. The van der Waals surface area contributed by atoms with Gasteiger partial charge in [0.25, 0.3) is 0 Å². The number of hydrogen-bond donors (Lipinski definition) is 2. The molecule has 0 aromatic carbocycles. The number of carbonyl (C=O) groups is 5. The van der Waals surface area contributed by atoms with Crippen LogP contribution in [0, 0.1) is 23.7 Å². The number of ketones is 1. The van der Waals surface area contributed by atoms with Crippen molar-refractivity contribution >= 4 is 29.5 Å². The van der Waals surface area contributed by atoms with Crippen molar-refractivity contribution in [1.82, 2.24) is 10.6 Å². The number of nitrogens with one attached hydrogen (secondary N) is 2. The summed E-state index contributed by atoms with van der Waals surface area (Å²) in [6.07, 6.45) is 14.3. The van der Waals surface area contributed by atoms with Gasteiger partial charge in [-0.1, -0.05) is 32.9 Å². The van der Waals surface area contributed by atoms with Gasteiger partial charge < -0.3 is 34.3 Å². The summed E-state index contributed by atoms with van der Waals surface area (Å²) in [6.45, 7) is 17.0. The van der Waals surface area contributed by atoms with Gasteiger partial charge in [0.05, 0.1) is 43.3 Å². The first-order chi connectivity index (χ1) is 26.5. The predicted octanol–water partition coefficient (Wildman–Crippen LogP) is 7.07. The molecule has 0 aliphatic carbocycles. The number of allylic oxidation sites excluding steroid dienone is 3. The molecule has 0 aromatic heterocycles. The third-order valence-electron chi connectivity index (χ3n) is 11.8. The topological polar surface area (TPSA) is 156 Å². The van der Waals surface area contributed by atoms with Crippen LogP contribution in [0.1, 0.15) is 146 Å². The molecule has 318 valence electrons. The molecule has 3 aliphatic heterocycles. The summed E-state index contributed by atoms with van der Waals surface area (Å²) in [4.78, 5) is 61.6. The highest BCUT2D eigenvalue weighted by atomic mass is 16.7. The Balaban J connectivity index is 1.44. The van der Waals surface area contributed by atoms with Gasteiger partial charge in [0, 0.05) is 39.7 Å². The standard InChI is InChI=1S/C44H72N2O10/c1-10-13-36(49)25-38-19-17-29(3)40(54-38)26-42(50)46-27-41(53-35(9)48)32(6)43(51)45-23-12-15-39-30(4)20-22-44(56-39)21-11-14-37(55-44)18-16-28(2)24-31(5)33(7)52-34(8)47/h10,13,24,28-30,32-33,37-41H,11-12,14-23,25-27H2,1-9H3,(H,45,51)(H,46,50)/b13-10+,31-24+/t28-,29-,30-,32-,33-,37-,38+,39+,40-,41-,44-/m0/s1. The molecule has 0 unspecified atom stereocenters. The quantitative estimate of drug-likeness (QED) is 0.0567. The first kappa shape index (κ1) is 47.3. The second kappa shape index (κ2) is 23.3. The fourth-order valence-corrected chi connectivity index (χ4v) is 8.19. The first-order valence-electron chi connectivity index (χ1n) is 21.2. The van der Waals surface area contributed by atoms with Crippen LogP contribution in [0.2, 0.25) is 0 Å². The molecular formula is C44H72N2O10. The summed E-state index contributed by atoms with van der Waals surface area (Å²) < 4.78 is 30.4. The zero-order valence-corrected chi connectivity index (χ0v) is 35.7. The van der Waals surface area contributed by atoms with Crippen molar-refractivity contribution in [3.8, 4) is 0 Å². The molecule has 11 atom stereocenters. The van der Waals surface area contributed by atoms with Crippen LogP contribution in [0.15, 0.2) is 23.8 Å². The van der Waals surface area contributed by atoms with E-state index in [1.807, 2.05) is 20.8 Å². The second-order valence-electron chi connectivity index (χ2n) is 16.8. The summed E-state index contributed by atoms with van der Waals surface area (Å²) in [5.41, 5.74) is 1.06. The summed E-state index contributed by atoms with van der Waals surface area (Å²) in [5, 5.41) is 5.85. The largest absolute Gasteiger partial charge is 0.460 e. The highest BCUT2D eigenvalue weighted by Gasteiger charge is 2.44. The number of hydrogen-bond acceptors (Lipinski definition) is 10. The zero-order valence-electron chi connectivity index (χ0n) is 35.7. The van der Waals surface area contributed by atoms with E-state index < -0.39 is 23.8 Å². The minimum absolute atomic E-state index is 0.00163. The number of ether oxygens (including phenoxy) is 5. The molecule has 3 fully saturated rings. The summed E-state index contributed by atoms with van der Waals surface area (Å²) in [5.74, 6) is -1.70. The van der Waals surface area contributed by atoms with Crippen LogP contribution >= 0.6 is 0 Å². The van der Waals surface area contributed by atoms with Gasteiger partial charge in [-0.2, -0.15) is 0 Å². The molecule has 2 N–H and O–H groups in total. The smallest absolute Gasteiger partial charge is 0.303 e. The predicted molar refractivity (Wildman–Crippen MR) is 214 cm³/mol. The van der Waals surface area contributed by atoms with Crippen LogP contribution in [0.4, 0.5) is 0 Å². The number of rotatable bonds is 20. The Morgan fingerprint density at radius 3 is 2.23 bits per heavy atom. The molecule has 1 spiro atoms. The molecule has 12 nitrogen and oxygen atoms in total. The van der Waals surface area contributed by atoms with E-state index in [1.165, 1.54) is 13.8 Å². The van der Waals surface area contributed by atoms with Gasteiger partial charge in [-0.05, 0) is 115 Å². The van der Waals surface area contributed by atoms with Gasteiger partial charge in [0.2, 0.25) is 11.8 Å². The highest BCUT2D eigenvalue weighted by molar-refractivity contribution is 5.89. The molecule has 0 radical (unpaired) electrons. The minimum Gasteiger partial charge on any atom is -0.460 e. The van der Waals surface area contributed by atoms with Crippen LogP contribution in [0.5, 0.6) is 0 Å². The monoisotopic (exact) mass is 789 g/mol. The van der Waals surface area contributed by atoms with Crippen molar-refractivity contribution in [2.75, 3.05) is 13.1 Å². The molecule has 0 bridgehead atoms. The van der Waals surface area contributed by atoms with Crippen LogP contribution in [-0.2, 0) is 47.7 Å². The van der Waals surface area contributed by atoms with Gasteiger partial charge in [0.15, 0.2) is 11.6 Å². The number of esters is 2. The van der Waals surface area contributed by atoms with Crippen LogP contribution in [-0.4, -0.2) is 85.0 Å². The lowest BCUT2D eigenvalue weighted by Crippen LogP contribution is -2.50. The zero-order chi connectivity index (χ0) is 41.4. The van der Waals surface area contributed by atoms with E-state index in [9.17, 15) is 24.0 Å². The van der Waals surface area contributed by atoms with Gasteiger partial charge >= 0.3 is 11.9 Å². The lowest BCUT2D eigenvalue weighted by Gasteiger charge is -2.48. The Bertz CT molecular complexity index is 1360. The third kappa shape index (κ3) is 16.0. The minimum atomic E-state index is -0.836. The van der Waals surface area contributed by atoms with E-state index in [0.717, 1.165) is 76.2 Å². The van der Waals surface area contributed by atoms with Crippen molar-refractivity contribution in [3.63, 3.8) is 0 Å². The summed E-state index contributed by atoms with van der Waals surface area (Å²) >= 11 is 0. The van der Waals surface area contributed by atoms with Crippen molar-refractivity contribution in [2.45, 2.75) is 188 Å². The third-order valence-corrected chi connectivity index (χ3v) is 11.8. The van der Waals surface area contributed by atoms with E-state index >= 15 is 0 Å². The summed E-state index contributed by atoms with van der Waals surface area (Å²) in [6, 6.07) is 0. The lowest BCUT2D eigenvalue weighted by molar-refractivity contribution is -0.324.